The lowest BCUT2D eigenvalue weighted by atomic mass is 10.0. The van der Waals surface area contributed by atoms with Crippen LogP contribution in [0, 0.1) is 0 Å². The molecule has 1 amide bonds. The number of nitrogens with one attached hydrogen (secondary N) is 2. The van der Waals surface area contributed by atoms with Crippen LogP contribution in [0.15, 0.2) is 0 Å². The Morgan fingerprint density at radius 3 is 2.82 bits per heavy atom. The van der Waals surface area contributed by atoms with Crippen LogP contribution in [0.2, 0.25) is 0 Å². The van der Waals surface area contributed by atoms with Gasteiger partial charge in [-0.2, -0.15) is 0 Å². The van der Waals surface area contributed by atoms with E-state index < -0.39 is 0 Å². The average Bonchev–Trinajstić information content (AvgIpc) is 2.36. The molecule has 0 bridgehead atoms. The predicted molar refractivity (Wildman–Crippen MR) is 71.1 cm³/mol. The molecule has 1 atom stereocenters. The monoisotopic (exact) mass is 241 g/mol. The van der Waals surface area contributed by atoms with Crippen LogP contribution in [-0.4, -0.2) is 49.6 Å². The Hall–Kier alpha value is -0.610. The highest BCUT2D eigenvalue weighted by molar-refractivity contribution is 5.75. The van der Waals surface area contributed by atoms with Crippen molar-refractivity contribution in [2.24, 2.45) is 0 Å². The van der Waals surface area contributed by atoms with Crippen LogP contribution in [0.3, 0.4) is 0 Å². The molecule has 17 heavy (non-hydrogen) atoms. The third kappa shape index (κ3) is 6.03. The Bertz CT molecular complexity index is 215. The molecule has 4 nitrogen and oxygen atoms in total. The van der Waals surface area contributed by atoms with E-state index in [2.05, 4.69) is 22.5 Å². The van der Waals surface area contributed by atoms with Crippen LogP contribution in [0.1, 0.15) is 39.5 Å². The standard InChI is InChI=1S/C13H27N3O/c1-3-14-13(17)8-10-16(4-2)11-12-7-5-6-9-15-12/h12,15H,3-11H2,1-2H3,(H,14,17). The van der Waals surface area contributed by atoms with Crippen molar-refractivity contribution in [1.82, 2.24) is 15.5 Å². The van der Waals surface area contributed by atoms with Gasteiger partial charge in [0.25, 0.3) is 0 Å². The lowest BCUT2D eigenvalue weighted by Crippen LogP contribution is -2.44. The van der Waals surface area contributed by atoms with E-state index in [-0.39, 0.29) is 5.91 Å². The molecular formula is C13H27N3O. The molecule has 1 heterocycles. The molecule has 1 fully saturated rings. The molecule has 0 aromatic carbocycles. The highest BCUT2D eigenvalue weighted by Gasteiger charge is 2.16. The number of likely N-dealkylation sites (N-methyl/N-ethyl adjacent to an activating group) is 1. The summed E-state index contributed by atoms with van der Waals surface area (Å²) >= 11 is 0. The molecule has 1 aliphatic heterocycles. The third-order valence-electron chi connectivity index (χ3n) is 3.37. The number of carbonyl (C=O) groups is 1. The minimum atomic E-state index is 0.169. The molecule has 0 radical (unpaired) electrons. The summed E-state index contributed by atoms with van der Waals surface area (Å²) in [6.07, 6.45) is 4.54. The van der Waals surface area contributed by atoms with Gasteiger partial charge in [-0.3, -0.25) is 4.79 Å². The van der Waals surface area contributed by atoms with Crippen molar-refractivity contribution in [3.63, 3.8) is 0 Å². The Labute approximate surface area is 105 Å². The van der Waals surface area contributed by atoms with Gasteiger partial charge in [-0.1, -0.05) is 13.3 Å². The van der Waals surface area contributed by atoms with Crippen LogP contribution in [0.4, 0.5) is 0 Å². The summed E-state index contributed by atoms with van der Waals surface area (Å²) in [4.78, 5) is 13.8. The number of carbonyl (C=O) groups excluding carboxylic acids is 1. The lowest BCUT2D eigenvalue weighted by Gasteiger charge is -2.29. The lowest BCUT2D eigenvalue weighted by molar-refractivity contribution is -0.121. The minimum Gasteiger partial charge on any atom is -0.356 e. The largest absolute Gasteiger partial charge is 0.356 e. The van der Waals surface area contributed by atoms with E-state index in [0.717, 1.165) is 32.7 Å². The highest BCUT2D eigenvalue weighted by atomic mass is 16.1. The van der Waals surface area contributed by atoms with Crippen molar-refractivity contribution in [3.8, 4) is 0 Å². The van der Waals surface area contributed by atoms with Gasteiger partial charge in [0.15, 0.2) is 0 Å². The van der Waals surface area contributed by atoms with Crippen molar-refractivity contribution < 1.29 is 4.79 Å². The number of amides is 1. The van der Waals surface area contributed by atoms with Crippen molar-refractivity contribution in [2.45, 2.75) is 45.6 Å². The first-order chi connectivity index (χ1) is 8.26. The van der Waals surface area contributed by atoms with Crippen LogP contribution in [0.25, 0.3) is 0 Å². The van der Waals surface area contributed by atoms with E-state index >= 15 is 0 Å². The molecule has 1 saturated heterocycles. The number of nitrogens with zero attached hydrogens (tertiary/aromatic N) is 1. The summed E-state index contributed by atoms with van der Waals surface area (Å²) in [5, 5.41) is 6.40. The second-order valence-electron chi connectivity index (χ2n) is 4.74. The number of piperidine rings is 1. The molecule has 4 heteroatoms. The molecule has 1 unspecified atom stereocenters. The maximum Gasteiger partial charge on any atom is 0.221 e. The van der Waals surface area contributed by atoms with E-state index in [9.17, 15) is 4.79 Å². The first-order valence-electron chi connectivity index (χ1n) is 6.98. The third-order valence-corrected chi connectivity index (χ3v) is 3.37. The number of hydrogen-bond donors (Lipinski definition) is 2. The molecule has 0 aromatic heterocycles. The topological polar surface area (TPSA) is 44.4 Å². The molecule has 1 aliphatic rings. The predicted octanol–water partition coefficient (Wildman–Crippen LogP) is 0.977. The summed E-state index contributed by atoms with van der Waals surface area (Å²) in [5.74, 6) is 0.169. The van der Waals surface area contributed by atoms with Gasteiger partial charge in [0.05, 0.1) is 0 Å². The Kier molecular flexibility index (Phi) is 7.21. The first-order valence-corrected chi connectivity index (χ1v) is 6.98. The van der Waals surface area contributed by atoms with Crippen molar-refractivity contribution in [3.05, 3.63) is 0 Å². The maximum absolute atomic E-state index is 11.4. The van der Waals surface area contributed by atoms with E-state index in [1.165, 1.54) is 19.3 Å². The Balaban J connectivity index is 2.20. The average molecular weight is 241 g/mol. The fourth-order valence-electron chi connectivity index (χ4n) is 2.32. The molecule has 2 N–H and O–H groups in total. The summed E-state index contributed by atoms with van der Waals surface area (Å²) < 4.78 is 0. The van der Waals surface area contributed by atoms with Gasteiger partial charge in [0.1, 0.15) is 0 Å². The maximum atomic E-state index is 11.4. The van der Waals surface area contributed by atoms with Gasteiger partial charge in [-0.25, -0.2) is 0 Å². The smallest absolute Gasteiger partial charge is 0.221 e. The summed E-state index contributed by atoms with van der Waals surface area (Å²) in [6, 6.07) is 0.623. The second kappa shape index (κ2) is 8.48. The van der Waals surface area contributed by atoms with Crippen LogP contribution in [0.5, 0.6) is 0 Å². The molecule has 0 saturated carbocycles. The summed E-state index contributed by atoms with van der Waals surface area (Å²) in [7, 11) is 0. The quantitative estimate of drug-likeness (QED) is 0.698. The summed E-state index contributed by atoms with van der Waals surface area (Å²) in [5.41, 5.74) is 0. The Morgan fingerprint density at radius 2 is 2.24 bits per heavy atom. The van der Waals surface area contributed by atoms with Gasteiger partial charge in [0.2, 0.25) is 5.91 Å². The molecule has 100 valence electrons. The Morgan fingerprint density at radius 1 is 1.41 bits per heavy atom. The SMILES string of the molecule is CCNC(=O)CCN(CC)CC1CCCCN1. The van der Waals surface area contributed by atoms with Crippen LogP contribution >= 0.6 is 0 Å². The highest BCUT2D eigenvalue weighted by Crippen LogP contribution is 2.08. The molecule has 0 aromatic rings. The van der Waals surface area contributed by atoms with E-state index in [4.69, 9.17) is 0 Å². The van der Waals surface area contributed by atoms with Crippen LogP contribution < -0.4 is 10.6 Å². The molecular weight excluding hydrogens is 214 g/mol. The minimum absolute atomic E-state index is 0.169. The zero-order chi connectivity index (χ0) is 12.5. The molecule has 0 spiro atoms. The van der Waals surface area contributed by atoms with E-state index in [0.29, 0.717) is 12.5 Å². The van der Waals surface area contributed by atoms with Gasteiger partial charge in [-0.05, 0) is 32.9 Å². The van der Waals surface area contributed by atoms with Crippen molar-refractivity contribution in [2.75, 3.05) is 32.7 Å². The molecule has 1 rings (SSSR count). The summed E-state index contributed by atoms with van der Waals surface area (Å²) in [6.45, 7) is 8.99. The van der Waals surface area contributed by atoms with E-state index in [1.807, 2.05) is 6.92 Å². The fraction of sp³-hybridized carbons (Fsp3) is 0.923. The van der Waals surface area contributed by atoms with Gasteiger partial charge in [0, 0.05) is 32.1 Å². The zero-order valence-electron chi connectivity index (χ0n) is 11.3. The van der Waals surface area contributed by atoms with E-state index in [1.54, 1.807) is 0 Å². The fourth-order valence-corrected chi connectivity index (χ4v) is 2.32. The van der Waals surface area contributed by atoms with Crippen LogP contribution in [-0.2, 0) is 4.79 Å². The van der Waals surface area contributed by atoms with Crippen molar-refractivity contribution in [1.29, 1.82) is 0 Å². The second-order valence-corrected chi connectivity index (χ2v) is 4.74. The zero-order valence-corrected chi connectivity index (χ0v) is 11.3. The normalized spacial score (nSPS) is 20.5. The van der Waals surface area contributed by atoms with Crippen molar-refractivity contribution >= 4 is 5.91 Å². The van der Waals surface area contributed by atoms with Gasteiger partial charge in [-0.15, -0.1) is 0 Å². The van der Waals surface area contributed by atoms with Gasteiger partial charge >= 0.3 is 0 Å². The van der Waals surface area contributed by atoms with Gasteiger partial charge < -0.3 is 15.5 Å². The number of hydrogen-bond acceptors (Lipinski definition) is 3. The first kappa shape index (κ1) is 14.5. The number of rotatable bonds is 7. The molecule has 0 aliphatic carbocycles.